The molecule has 3 heterocycles. The minimum Gasteiger partial charge on any atom is -0.337 e. The molecule has 3 nitrogen and oxygen atoms in total. The topological polar surface area (TPSA) is 14.8 Å². The van der Waals surface area contributed by atoms with E-state index in [1.165, 1.54) is 166 Å². The second-order valence-electron chi connectivity index (χ2n) is 16.6. The monoisotopic (exact) mass is 739 g/mol. The molecule has 0 bridgehead atoms. The molecule has 0 aliphatic heterocycles. The van der Waals surface area contributed by atoms with Crippen LogP contribution in [0.25, 0.3) is 71.8 Å². The van der Waals surface area contributed by atoms with E-state index in [2.05, 4.69) is 158 Å². The lowest BCUT2D eigenvalue weighted by Gasteiger charge is -2.12. The summed E-state index contributed by atoms with van der Waals surface area (Å²) in [6.07, 6.45) is 15.4. The number of fused-ring (bicyclic) bond motifs is 7. The number of hydrogen-bond acceptors (Lipinski definition) is 0. The van der Waals surface area contributed by atoms with E-state index in [4.69, 9.17) is 0 Å². The summed E-state index contributed by atoms with van der Waals surface area (Å²) in [6, 6.07) is 41.9. The maximum absolute atomic E-state index is 2.73. The number of nitrogens with zero attached hydrogens (tertiary/aromatic N) is 3. The zero-order valence-electron chi connectivity index (χ0n) is 34.6. The Labute approximate surface area is 335 Å². The van der Waals surface area contributed by atoms with Crippen molar-refractivity contribution in [3.63, 3.8) is 0 Å². The zero-order valence-corrected chi connectivity index (χ0v) is 34.6. The summed E-state index contributed by atoms with van der Waals surface area (Å²) in [5.41, 5.74) is 18.4. The van der Waals surface area contributed by atoms with E-state index in [1.807, 2.05) is 0 Å². The van der Waals surface area contributed by atoms with Gasteiger partial charge in [0, 0.05) is 29.5 Å². The first-order chi connectivity index (χ1) is 27.5. The highest BCUT2D eigenvalue weighted by Gasteiger charge is 2.27. The largest absolute Gasteiger partial charge is 0.337 e. The third-order valence-electron chi connectivity index (χ3n) is 12.3. The molecule has 0 saturated heterocycles. The van der Waals surface area contributed by atoms with Gasteiger partial charge in [-0.15, -0.1) is 0 Å². The second-order valence-corrected chi connectivity index (χ2v) is 16.6. The average molecular weight is 740 g/mol. The molecule has 5 aromatic carbocycles. The van der Waals surface area contributed by atoms with Gasteiger partial charge in [-0.1, -0.05) is 180 Å². The van der Waals surface area contributed by atoms with Crippen molar-refractivity contribution in [2.24, 2.45) is 0 Å². The van der Waals surface area contributed by atoms with Crippen LogP contribution in [0.1, 0.15) is 108 Å². The molecule has 0 saturated carbocycles. The Kier molecular flexibility index (Phi) is 11.5. The van der Waals surface area contributed by atoms with Gasteiger partial charge in [0.1, 0.15) is 0 Å². The molecule has 0 fully saturated rings. The van der Waals surface area contributed by atoms with Crippen molar-refractivity contribution in [1.29, 1.82) is 0 Å². The molecule has 0 amide bonds. The summed E-state index contributed by atoms with van der Waals surface area (Å²) >= 11 is 0. The van der Waals surface area contributed by atoms with Gasteiger partial charge in [0.15, 0.2) is 0 Å². The fourth-order valence-electron chi connectivity index (χ4n) is 9.07. The van der Waals surface area contributed by atoms with Crippen molar-refractivity contribution >= 4 is 43.9 Å². The van der Waals surface area contributed by atoms with Crippen LogP contribution in [0.2, 0.25) is 0 Å². The fraction of sp³-hybridized carbons (Fsp3) is 0.358. The molecule has 0 atom stereocenters. The number of benzene rings is 5. The first kappa shape index (κ1) is 37.9. The summed E-state index contributed by atoms with van der Waals surface area (Å²) in [5.74, 6) is 0. The van der Waals surface area contributed by atoms with Gasteiger partial charge in [-0.2, -0.15) is 0 Å². The highest BCUT2D eigenvalue weighted by atomic mass is 15.1. The van der Waals surface area contributed by atoms with E-state index in [1.54, 1.807) is 0 Å². The molecule has 8 rings (SSSR count). The molecule has 56 heavy (non-hydrogen) atoms. The normalized spacial score (nSPS) is 11.9. The lowest BCUT2D eigenvalue weighted by Crippen LogP contribution is -2.02. The summed E-state index contributed by atoms with van der Waals surface area (Å²) < 4.78 is 8.08. The van der Waals surface area contributed by atoms with Crippen molar-refractivity contribution in [2.45, 2.75) is 125 Å². The van der Waals surface area contributed by atoms with Crippen molar-refractivity contribution in [3.05, 3.63) is 126 Å². The van der Waals surface area contributed by atoms with E-state index in [0.717, 1.165) is 13.1 Å². The Morgan fingerprint density at radius 1 is 0.357 bits per heavy atom. The number of aryl methyl sites for hydroxylation is 5. The van der Waals surface area contributed by atoms with E-state index in [0.29, 0.717) is 0 Å². The minimum absolute atomic E-state index is 1.02. The maximum Gasteiger partial charge on any atom is 0.0926 e. The summed E-state index contributed by atoms with van der Waals surface area (Å²) in [5, 5.41) is 2.68. The summed E-state index contributed by atoms with van der Waals surface area (Å²) in [7, 11) is 0. The zero-order chi connectivity index (χ0) is 38.6. The lowest BCUT2D eigenvalue weighted by molar-refractivity contribution is 0.567. The Hall–Kier alpha value is -5.02. The van der Waals surface area contributed by atoms with Gasteiger partial charge in [0.25, 0.3) is 0 Å². The van der Waals surface area contributed by atoms with Gasteiger partial charge >= 0.3 is 0 Å². The summed E-state index contributed by atoms with van der Waals surface area (Å²) in [6.45, 7) is 13.2. The Morgan fingerprint density at radius 3 is 1.12 bits per heavy atom. The second kappa shape index (κ2) is 17.0. The molecule has 8 aromatic rings. The molecule has 0 N–H and O–H groups in total. The molecule has 0 aliphatic rings. The van der Waals surface area contributed by atoms with Crippen molar-refractivity contribution in [3.8, 4) is 27.9 Å². The molecule has 288 valence electrons. The van der Waals surface area contributed by atoms with Crippen LogP contribution in [0.5, 0.6) is 0 Å². The third-order valence-corrected chi connectivity index (χ3v) is 12.3. The Bertz CT molecular complexity index is 2400. The molecule has 0 aliphatic carbocycles. The lowest BCUT2D eigenvalue weighted by atomic mass is 10.0. The van der Waals surface area contributed by atoms with Gasteiger partial charge in [0.2, 0.25) is 0 Å². The van der Waals surface area contributed by atoms with Crippen LogP contribution >= 0.6 is 0 Å². The van der Waals surface area contributed by atoms with Gasteiger partial charge in [-0.3, -0.25) is 0 Å². The van der Waals surface area contributed by atoms with Crippen molar-refractivity contribution < 1.29 is 0 Å². The van der Waals surface area contributed by atoms with Crippen LogP contribution in [0.3, 0.4) is 0 Å². The predicted octanol–water partition coefficient (Wildman–Crippen LogP) is 15.7. The molecular weight excluding hydrogens is 679 g/mol. The van der Waals surface area contributed by atoms with Gasteiger partial charge in [-0.05, 0) is 80.1 Å². The Morgan fingerprint density at radius 2 is 0.714 bits per heavy atom. The quantitative estimate of drug-likeness (QED) is 0.0826. The van der Waals surface area contributed by atoms with Crippen molar-refractivity contribution in [2.75, 3.05) is 0 Å². The van der Waals surface area contributed by atoms with Crippen LogP contribution < -0.4 is 0 Å². The van der Waals surface area contributed by atoms with E-state index < -0.39 is 0 Å². The van der Waals surface area contributed by atoms with Gasteiger partial charge in [-0.25, -0.2) is 0 Å². The third kappa shape index (κ3) is 7.46. The fourth-order valence-corrected chi connectivity index (χ4v) is 9.07. The average Bonchev–Trinajstić information content (AvgIpc) is 3.83. The summed E-state index contributed by atoms with van der Waals surface area (Å²) in [4.78, 5) is 0. The molecule has 3 heteroatoms. The smallest absolute Gasteiger partial charge is 0.0926 e. The van der Waals surface area contributed by atoms with Crippen LogP contribution in [0, 0.1) is 20.8 Å². The van der Waals surface area contributed by atoms with Crippen LogP contribution in [0.4, 0.5) is 0 Å². The SMILES string of the molecule is CCCCCCCCn1c2cc(-c3ccc(C)cc3)ccc2c2c1c1c(c3ccc(-c4ccc(C)cc4)cc3n1CCCCCCCC)n2-c1ccc(C)cc1. The highest BCUT2D eigenvalue weighted by molar-refractivity contribution is 6.24. The Balaban J connectivity index is 1.41. The number of rotatable bonds is 17. The minimum atomic E-state index is 1.02. The number of hydrogen-bond donors (Lipinski definition) is 0. The van der Waals surface area contributed by atoms with E-state index in [-0.39, 0.29) is 0 Å². The van der Waals surface area contributed by atoms with E-state index >= 15 is 0 Å². The highest BCUT2D eigenvalue weighted by Crippen LogP contribution is 2.45. The van der Waals surface area contributed by atoms with Gasteiger partial charge in [0.05, 0.1) is 33.1 Å². The first-order valence-corrected chi connectivity index (χ1v) is 21.8. The van der Waals surface area contributed by atoms with Crippen LogP contribution in [-0.4, -0.2) is 13.7 Å². The molecular formula is C53H61N3. The van der Waals surface area contributed by atoms with Crippen LogP contribution in [0.15, 0.2) is 109 Å². The molecule has 0 spiro atoms. The molecule has 0 radical (unpaired) electrons. The first-order valence-electron chi connectivity index (χ1n) is 21.8. The maximum atomic E-state index is 2.73. The van der Waals surface area contributed by atoms with Crippen LogP contribution in [-0.2, 0) is 13.1 Å². The number of aromatic nitrogens is 3. The van der Waals surface area contributed by atoms with E-state index in [9.17, 15) is 0 Å². The van der Waals surface area contributed by atoms with Crippen molar-refractivity contribution in [1.82, 2.24) is 13.7 Å². The molecule has 3 aromatic heterocycles. The van der Waals surface area contributed by atoms with Gasteiger partial charge < -0.3 is 13.7 Å². The molecule has 0 unspecified atom stereocenters. The standard InChI is InChI=1S/C53H61N3/c1-6-8-10-12-14-16-34-54-48-36-43(41-24-18-38(3)19-25-41)28-32-46(48)50-52(54)53-51(56(50)45-30-22-40(5)23-31-45)47-33-29-44(42-26-20-39(4)21-27-42)37-49(47)55(53)35-17-15-13-11-9-7-2/h18-33,36-37H,6-17,34-35H2,1-5H3. The number of unbranched alkanes of at least 4 members (excludes halogenated alkanes) is 10. The predicted molar refractivity (Wildman–Crippen MR) is 244 cm³/mol.